The van der Waals surface area contributed by atoms with Crippen molar-refractivity contribution in [3.63, 3.8) is 0 Å². The summed E-state index contributed by atoms with van der Waals surface area (Å²) < 4.78 is 26.7. The quantitative estimate of drug-likeness (QED) is 0.481. The van der Waals surface area contributed by atoms with E-state index in [4.69, 9.17) is 21.1 Å². The van der Waals surface area contributed by atoms with Crippen LogP contribution in [0.4, 0.5) is 4.39 Å². The Kier molecular flexibility index (Phi) is 8.24. The van der Waals surface area contributed by atoms with Crippen LogP contribution >= 0.6 is 11.6 Å². The number of piperidine rings is 1. The Morgan fingerprint density at radius 2 is 1.63 bits per heavy atom. The topological polar surface area (TPSA) is 59.1 Å². The van der Waals surface area contributed by atoms with E-state index in [9.17, 15) is 9.59 Å². The number of hydrogen-bond donors (Lipinski definition) is 0. The summed E-state index contributed by atoms with van der Waals surface area (Å²) in [6, 6.07) is 13.9. The van der Waals surface area contributed by atoms with Crippen molar-refractivity contribution in [3.05, 3.63) is 64.9 Å². The first-order valence-corrected chi connectivity index (χ1v) is 14.1. The Morgan fingerprint density at radius 3 is 2.34 bits per heavy atom. The Labute approximate surface area is 229 Å². The molecule has 38 heavy (non-hydrogen) atoms. The van der Waals surface area contributed by atoms with Crippen molar-refractivity contribution in [2.24, 2.45) is 5.41 Å². The van der Waals surface area contributed by atoms with Crippen LogP contribution in [0.2, 0.25) is 5.02 Å². The second kappa shape index (κ2) is 11.6. The molecule has 8 heteroatoms. The largest absolute Gasteiger partial charge is 0.493 e. The zero-order valence-electron chi connectivity index (χ0n) is 21.8. The van der Waals surface area contributed by atoms with E-state index in [0.29, 0.717) is 75.2 Å². The molecule has 0 spiro atoms. The number of hydrogen-bond acceptors (Lipinski definition) is 4. The van der Waals surface area contributed by atoms with Gasteiger partial charge in [0.2, 0.25) is 11.8 Å². The van der Waals surface area contributed by atoms with Gasteiger partial charge in [0, 0.05) is 48.6 Å². The van der Waals surface area contributed by atoms with Crippen LogP contribution in [0.15, 0.2) is 48.5 Å². The van der Waals surface area contributed by atoms with Crippen LogP contribution in [0.3, 0.4) is 0 Å². The van der Waals surface area contributed by atoms with E-state index >= 15 is 4.39 Å². The van der Waals surface area contributed by atoms with Crippen LogP contribution in [0, 0.1) is 11.2 Å². The van der Waals surface area contributed by atoms with Crippen LogP contribution in [-0.4, -0.2) is 67.6 Å². The minimum absolute atomic E-state index is 0.0190. The molecule has 1 saturated carbocycles. The molecule has 2 aromatic carbocycles. The summed E-state index contributed by atoms with van der Waals surface area (Å²) in [7, 11) is 0. The first-order valence-electron chi connectivity index (χ1n) is 13.7. The third kappa shape index (κ3) is 5.69. The van der Waals surface area contributed by atoms with Crippen molar-refractivity contribution in [1.82, 2.24) is 9.80 Å². The summed E-state index contributed by atoms with van der Waals surface area (Å²) in [4.78, 5) is 31.4. The molecule has 5 rings (SSSR count). The van der Waals surface area contributed by atoms with Gasteiger partial charge in [-0.2, -0.15) is 0 Å². The average molecular weight is 543 g/mol. The van der Waals surface area contributed by atoms with E-state index in [0.717, 1.165) is 25.7 Å². The molecule has 204 valence electrons. The number of amides is 2. The lowest BCUT2D eigenvalue weighted by molar-refractivity contribution is -0.147. The van der Waals surface area contributed by atoms with Gasteiger partial charge in [0.05, 0.1) is 25.2 Å². The number of benzene rings is 2. The zero-order valence-corrected chi connectivity index (χ0v) is 22.6. The predicted octanol–water partition coefficient (Wildman–Crippen LogP) is 5.23. The van der Waals surface area contributed by atoms with Crippen molar-refractivity contribution in [1.29, 1.82) is 0 Å². The maximum atomic E-state index is 15.0. The fourth-order valence-electron chi connectivity index (χ4n) is 6.44. The Balaban J connectivity index is 1.40. The molecule has 2 aliphatic heterocycles. The maximum Gasteiger partial charge on any atom is 0.233 e. The summed E-state index contributed by atoms with van der Waals surface area (Å²) in [6.07, 6.45) is 4.90. The zero-order chi connectivity index (χ0) is 26.6. The normalized spacial score (nSPS) is 23.3. The monoisotopic (exact) mass is 542 g/mol. The molecule has 3 aliphatic rings. The molecule has 2 saturated heterocycles. The number of halogens is 2. The van der Waals surface area contributed by atoms with Crippen LogP contribution in [0.25, 0.3) is 0 Å². The van der Waals surface area contributed by atoms with Gasteiger partial charge in [-0.15, -0.1) is 0 Å². The minimum atomic E-state index is -0.848. The Hall–Kier alpha value is -2.64. The van der Waals surface area contributed by atoms with E-state index in [2.05, 4.69) is 0 Å². The van der Waals surface area contributed by atoms with Gasteiger partial charge in [0.1, 0.15) is 11.6 Å². The van der Waals surface area contributed by atoms with Gasteiger partial charge in [-0.1, -0.05) is 42.6 Å². The van der Waals surface area contributed by atoms with E-state index < -0.39 is 10.8 Å². The van der Waals surface area contributed by atoms with E-state index in [1.54, 1.807) is 24.3 Å². The molecule has 2 amide bonds. The van der Waals surface area contributed by atoms with E-state index in [-0.39, 0.29) is 24.1 Å². The fourth-order valence-corrected chi connectivity index (χ4v) is 6.56. The molecule has 0 aromatic heterocycles. The molecule has 1 atom stereocenters. The number of likely N-dealkylation sites (tertiary alicyclic amines) is 1. The molecule has 0 N–H and O–H groups in total. The first kappa shape index (κ1) is 26.9. The molecule has 6 nitrogen and oxygen atoms in total. The van der Waals surface area contributed by atoms with Crippen LogP contribution in [0.5, 0.6) is 5.75 Å². The Morgan fingerprint density at radius 1 is 0.921 bits per heavy atom. The standard InChI is InChI=1S/C30H36ClFN2O4/c31-23-8-10-24(11-9-23)38-22-29(20-27(35)33-16-18-37-19-17-33)12-5-15-34(21-29)28(36)30(13-3-4-14-30)25-6-1-2-7-26(25)32/h1-2,6-11H,3-5,12-22H2/t29-/m0/s1. The van der Waals surface area contributed by atoms with Gasteiger partial charge in [-0.3, -0.25) is 9.59 Å². The predicted molar refractivity (Wildman–Crippen MR) is 144 cm³/mol. The average Bonchev–Trinajstić information content (AvgIpc) is 3.44. The maximum absolute atomic E-state index is 15.0. The van der Waals surface area contributed by atoms with Crippen LogP contribution < -0.4 is 4.74 Å². The lowest BCUT2D eigenvalue weighted by atomic mass is 9.73. The van der Waals surface area contributed by atoms with Crippen LogP contribution in [-0.2, 0) is 19.7 Å². The smallest absolute Gasteiger partial charge is 0.233 e. The highest BCUT2D eigenvalue weighted by molar-refractivity contribution is 6.30. The van der Waals surface area contributed by atoms with Gasteiger partial charge in [0.15, 0.2) is 0 Å². The van der Waals surface area contributed by atoms with Gasteiger partial charge < -0.3 is 19.3 Å². The molecule has 2 aromatic rings. The Bertz CT molecular complexity index is 1130. The van der Waals surface area contributed by atoms with E-state index in [1.165, 1.54) is 6.07 Å². The molecule has 0 radical (unpaired) electrons. The summed E-state index contributed by atoms with van der Waals surface area (Å²) in [5, 5.41) is 0.624. The molecular weight excluding hydrogens is 507 g/mol. The lowest BCUT2D eigenvalue weighted by Crippen LogP contribution is -2.55. The number of carbonyl (C=O) groups excluding carboxylic acids is 2. The van der Waals surface area contributed by atoms with Crippen molar-refractivity contribution < 1.29 is 23.5 Å². The van der Waals surface area contributed by atoms with E-state index in [1.807, 2.05) is 28.0 Å². The third-order valence-corrected chi connectivity index (χ3v) is 8.71. The first-order chi connectivity index (χ1) is 18.4. The molecule has 1 aliphatic carbocycles. The van der Waals surface area contributed by atoms with Gasteiger partial charge in [-0.25, -0.2) is 4.39 Å². The number of rotatable bonds is 7. The molecule has 0 bridgehead atoms. The summed E-state index contributed by atoms with van der Waals surface area (Å²) in [5.41, 5.74) is -0.891. The molecule has 3 fully saturated rings. The lowest BCUT2D eigenvalue weighted by Gasteiger charge is -2.46. The molecule has 0 unspecified atom stereocenters. The van der Waals surface area contributed by atoms with Gasteiger partial charge in [-0.05, 0) is 56.0 Å². The van der Waals surface area contributed by atoms with Crippen molar-refractivity contribution in [2.75, 3.05) is 46.0 Å². The second-order valence-corrected chi connectivity index (χ2v) is 11.4. The number of carbonyl (C=O) groups is 2. The van der Waals surface area contributed by atoms with Crippen molar-refractivity contribution in [3.8, 4) is 5.75 Å². The second-order valence-electron chi connectivity index (χ2n) is 11.0. The highest BCUT2D eigenvalue weighted by atomic mass is 35.5. The van der Waals surface area contributed by atoms with Gasteiger partial charge in [0.25, 0.3) is 0 Å². The number of nitrogens with zero attached hydrogens (tertiary/aromatic N) is 2. The van der Waals surface area contributed by atoms with Gasteiger partial charge >= 0.3 is 0 Å². The summed E-state index contributed by atoms with van der Waals surface area (Å²) >= 11 is 6.05. The number of morpholine rings is 1. The summed E-state index contributed by atoms with van der Waals surface area (Å²) in [5.74, 6) is 0.399. The summed E-state index contributed by atoms with van der Waals surface area (Å²) in [6.45, 7) is 3.54. The molecule has 2 heterocycles. The molecular formula is C30H36ClFN2O4. The van der Waals surface area contributed by atoms with Crippen LogP contribution in [0.1, 0.15) is 50.5 Å². The minimum Gasteiger partial charge on any atom is -0.493 e. The van der Waals surface area contributed by atoms with Crippen molar-refractivity contribution in [2.45, 2.75) is 50.4 Å². The third-order valence-electron chi connectivity index (χ3n) is 8.45. The SMILES string of the molecule is O=C(C[C@@]1(COc2ccc(Cl)cc2)CCCN(C(=O)C2(c3ccccc3F)CCCC2)C1)N1CCOCC1. The highest BCUT2D eigenvalue weighted by Crippen LogP contribution is 2.45. The fraction of sp³-hybridized carbons (Fsp3) is 0.533. The van der Waals surface area contributed by atoms with Crippen molar-refractivity contribution >= 4 is 23.4 Å². The number of ether oxygens (including phenoxy) is 2. The highest BCUT2D eigenvalue weighted by Gasteiger charge is 2.49.